The van der Waals surface area contributed by atoms with Gasteiger partial charge in [0, 0.05) is 102 Å². The smallest absolute Gasteiger partial charge is 0.415 e. The zero-order chi connectivity index (χ0) is 77.9. The topological polar surface area (TPSA) is 297 Å². The fourth-order valence-corrected chi connectivity index (χ4v) is 13.6. The van der Waals surface area contributed by atoms with Gasteiger partial charge in [0.1, 0.15) is 115 Å². The number of halogens is 4. The summed E-state index contributed by atoms with van der Waals surface area (Å²) in [7, 11) is -2.28. The second-order valence-electron chi connectivity index (χ2n) is 26.4. The summed E-state index contributed by atoms with van der Waals surface area (Å²) in [5.41, 5.74) is 9.15. The number of unbranched alkanes of at least 4 members (excludes halogenated alkanes) is 2. The monoisotopic (exact) mass is 1640 g/mol. The first-order valence-corrected chi connectivity index (χ1v) is 39.7. The molecular weight excluding hydrogens is 1560 g/mol. The van der Waals surface area contributed by atoms with Crippen molar-refractivity contribution in [1.29, 1.82) is 5.41 Å². The van der Waals surface area contributed by atoms with E-state index in [-0.39, 0.29) is 112 Å². The van der Waals surface area contributed by atoms with Crippen molar-refractivity contribution < 1.29 is 96.4 Å². The summed E-state index contributed by atoms with van der Waals surface area (Å²) in [6, 6.07) is 45.0. The minimum absolute atomic E-state index is 0. The van der Waals surface area contributed by atoms with Gasteiger partial charge >= 0.3 is 6.09 Å². The maximum atomic E-state index is 14.3. The molecule has 0 saturated carbocycles. The molecule has 21 nitrogen and oxygen atoms in total. The molecule has 1 amide bonds. The van der Waals surface area contributed by atoms with Gasteiger partial charge in [0.15, 0.2) is 7.85 Å². The largest absolute Gasteiger partial charge is 0.655 e. The molecule has 2 atom stereocenters. The van der Waals surface area contributed by atoms with Gasteiger partial charge in [-0.15, -0.1) is 6.54 Å². The van der Waals surface area contributed by atoms with Crippen LogP contribution >= 0.6 is 23.2 Å². The van der Waals surface area contributed by atoms with Gasteiger partial charge in [-0.1, -0.05) is 97.6 Å². The number of phenolic OH excluding ortho intramolecular Hbond substituents is 1. The maximum absolute atomic E-state index is 14.3. The number of aryl methyl sites for hydroxylation is 1. The normalized spacial score (nSPS) is 13.3. The van der Waals surface area contributed by atoms with Crippen LogP contribution in [0.4, 0.5) is 36.6 Å². The van der Waals surface area contributed by atoms with Crippen molar-refractivity contribution in [2.75, 3.05) is 47.7 Å². The van der Waals surface area contributed by atoms with Gasteiger partial charge in [0.25, 0.3) is 0 Å². The van der Waals surface area contributed by atoms with E-state index in [9.17, 15) is 35.5 Å². The Morgan fingerprint density at radius 2 is 1.25 bits per heavy atom. The zero-order valence-corrected chi connectivity index (χ0v) is 67.1. The quantitative estimate of drug-likeness (QED) is 0.00957. The van der Waals surface area contributed by atoms with Gasteiger partial charge in [0.05, 0.1) is 39.1 Å². The summed E-state index contributed by atoms with van der Waals surface area (Å²) >= 11 is 13.1. The fourth-order valence-electron chi connectivity index (χ4n) is 12.1. The number of carbonyl (C=O) groups is 1. The summed E-state index contributed by atoms with van der Waals surface area (Å²) in [5.74, 6) is 2.43. The molecule has 0 bridgehead atoms. The first-order chi connectivity index (χ1) is 52.1. The molecule has 1 aliphatic rings. The summed E-state index contributed by atoms with van der Waals surface area (Å²) in [6.45, 7) is 11.0. The van der Waals surface area contributed by atoms with Crippen molar-refractivity contribution in [1.82, 2.24) is 24.8 Å². The molecule has 3 radical (unpaired) electrons. The molecule has 11 aromatic rings. The number of nitrogens with zero attached hydrogens (tertiary/aromatic N) is 6. The van der Waals surface area contributed by atoms with Crippen molar-refractivity contribution in [3.8, 4) is 45.6 Å². The van der Waals surface area contributed by atoms with Crippen LogP contribution in [0.15, 0.2) is 203 Å². The molecular formula is C81H81BCl2F2N9O12S2Y-. The van der Waals surface area contributed by atoms with E-state index < -0.39 is 31.6 Å². The van der Waals surface area contributed by atoms with Crippen LogP contribution in [0.25, 0.3) is 49.8 Å². The number of sulfone groups is 2. The Hall–Kier alpha value is -9.53. The molecule has 12 rings (SSSR count). The number of aromatic hydroxyl groups is 1. The van der Waals surface area contributed by atoms with Crippen LogP contribution in [0.1, 0.15) is 92.6 Å². The number of rotatable bonds is 29. The minimum atomic E-state index is -3.48. The van der Waals surface area contributed by atoms with Crippen LogP contribution in [0.3, 0.4) is 0 Å². The van der Waals surface area contributed by atoms with Crippen LogP contribution in [-0.4, -0.2) is 109 Å². The molecule has 0 fully saturated rings. The van der Waals surface area contributed by atoms with Gasteiger partial charge in [0.2, 0.25) is 0 Å². The molecule has 5 N–H and O–H groups in total. The van der Waals surface area contributed by atoms with E-state index >= 15 is 0 Å². The first-order valence-electron chi connectivity index (χ1n) is 34.8. The van der Waals surface area contributed by atoms with Gasteiger partial charge < -0.3 is 49.2 Å². The van der Waals surface area contributed by atoms with E-state index in [4.69, 9.17) is 56.8 Å². The number of fused-ring (bicyclic) bond motifs is 2. The molecule has 2 unspecified atom stereocenters. The molecule has 1 aliphatic carbocycles. The van der Waals surface area contributed by atoms with Crippen LogP contribution < -0.4 is 24.8 Å². The Balaban J connectivity index is 0.000000264. The number of hydrogen-bond acceptors (Lipinski definition) is 18. The summed E-state index contributed by atoms with van der Waals surface area (Å²) in [6.07, 6.45) is 12.0. The van der Waals surface area contributed by atoms with Crippen LogP contribution in [0.2, 0.25) is 10.0 Å². The average Bonchev–Trinajstić information content (AvgIpc) is 0.976. The molecule has 29 heteroatoms. The van der Waals surface area contributed by atoms with Crippen LogP contribution in [0, 0.1) is 23.0 Å². The number of allylic oxidation sites excluding steroid dienone is 3. The number of carbonyl (C=O) groups excluding carboxylic acids is 1. The molecule has 110 heavy (non-hydrogen) atoms. The third-order valence-electron chi connectivity index (χ3n) is 17.5. The number of aliphatic hydroxyl groups excluding tert-OH is 1. The Bertz CT molecular complexity index is 5360. The van der Waals surface area contributed by atoms with Gasteiger partial charge in [-0.2, -0.15) is 0 Å². The number of ether oxygens (including phenoxy) is 3. The van der Waals surface area contributed by atoms with E-state index in [0.717, 1.165) is 66.0 Å². The molecule has 0 saturated heterocycles. The number of aliphatic hydroxyl groups is 1. The van der Waals surface area contributed by atoms with Crippen LogP contribution in [-0.2, 0) is 85.1 Å². The minimum Gasteiger partial charge on any atom is -0.655 e. The number of aromatic nitrogens is 4. The summed E-state index contributed by atoms with van der Waals surface area (Å²) in [4.78, 5) is 33.3. The number of phenols is 1. The van der Waals surface area contributed by atoms with Crippen molar-refractivity contribution >= 4 is 107 Å². The summed E-state index contributed by atoms with van der Waals surface area (Å²) < 4.78 is 105. The van der Waals surface area contributed by atoms with E-state index in [0.29, 0.717) is 114 Å². The Morgan fingerprint density at radius 3 is 1.75 bits per heavy atom. The van der Waals surface area contributed by atoms with Crippen molar-refractivity contribution in [3.05, 3.63) is 255 Å². The van der Waals surface area contributed by atoms with E-state index in [1.54, 1.807) is 72.8 Å². The SMILES string of the molecule is C=C(C)C1CCC(C)=CC1c1c(O)cc(CCCCC)cc1OC(=O)N(CCS(C)(=O)=O)Cc1ccc(-c2ccc3ncnc(Nc4ccc(OCc5cccc(F)c5)c(Cl)c4)c3c2)o1.CS(=O)(=O)CC[N-]Cc1ccc(-c2ccc3ncnc(Nc4ccc(OCc5cccc(F)c5)c(Cl)c4)c3c2)o1.[B]C(=N)O.[Y]. The molecule has 7 aromatic carbocycles. The Kier molecular flexibility index (Phi) is 30.3. The third-order valence-corrected chi connectivity index (χ3v) is 19.9. The fraction of sp³-hybridized carbons (Fsp3) is 0.259. The average molecular weight is 1650 g/mol. The predicted octanol–water partition coefficient (Wildman–Crippen LogP) is 19.1. The Morgan fingerprint density at radius 1 is 0.709 bits per heavy atom. The third kappa shape index (κ3) is 24.7. The number of anilines is 4. The number of benzene rings is 7. The number of amides is 1. The van der Waals surface area contributed by atoms with E-state index in [1.807, 2.05) is 67.6 Å². The summed E-state index contributed by atoms with van der Waals surface area (Å²) in [5, 5.41) is 37.9. The van der Waals surface area contributed by atoms with Crippen molar-refractivity contribution in [2.45, 2.75) is 91.5 Å². The van der Waals surface area contributed by atoms with E-state index in [1.165, 1.54) is 53.6 Å². The van der Waals surface area contributed by atoms with E-state index in [2.05, 4.69) is 70.2 Å². The first kappa shape index (κ1) is 84.5. The van der Waals surface area contributed by atoms with Crippen LogP contribution in [0.5, 0.6) is 23.0 Å². The standard InChI is InChI=1S/C51H54ClFN4O7S.C29H25ClFN4O4S.CH2BNO.Y/c1-6-7-8-10-34-25-45(58)49(41-23-33(4)13-17-40(41)32(2)3)48(26-34)64-51(59)57(21-22-65(5,60)61)29-39-16-20-46(63-39)36-14-18-44-42(27-36)50(55-31-54-44)56-38-15-19-47(43(52)28-38)62-30-35-11-9-12-37(53)24-35;1-40(36,37)12-11-32-16-23-7-10-27(39-23)20-5-8-26-24(14-20)29(34-18-33-26)35-22-6-9-28(25(30)15-22)38-17-19-3-2-4-21(31)13-19;2-1(3)4;/h9,11-12,14-16,18-20,23-28,31,40-41,58H,2,6-8,10,13,17,21-22,29-30H2,1,3-5H3,(H,54,55,56);2-10,13-15,18H,11-12,16-17H2,1H3,(H,33,34,35);(H2,3,4);/q;-1;;. The van der Waals surface area contributed by atoms with Crippen molar-refractivity contribution in [3.63, 3.8) is 0 Å². The van der Waals surface area contributed by atoms with Gasteiger partial charge in [-0.3, -0.25) is 10.3 Å². The number of furan rings is 2. The van der Waals surface area contributed by atoms with Gasteiger partial charge in [-0.05, 0) is 196 Å². The second kappa shape index (κ2) is 39.4. The maximum Gasteiger partial charge on any atom is 0.415 e. The Labute approximate surface area is 674 Å². The number of nitrogens with one attached hydrogen (secondary N) is 3. The number of hydrogen-bond donors (Lipinski definition) is 5. The molecule has 0 spiro atoms. The zero-order valence-electron chi connectivity index (χ0n) is 61.1. The predicted molar refractivity (Wildman–Crippen MR) is 425 cm³/mol. The molecule has 0 aliphatic heterocycles. The van der Waals surface area contributed by atoms with Gasteiger partial charge in [-0.25, -0.2) is 50.3 Å². The molecule has 4 heterocycles. The molecule has 4 aromatic heterocycles. The molecule has 569 valence electrons. The second-order valence-corrected chi connectivity index (χ2v) is 31.7. The van der Waals surface area contributed by atoms with Crippen molar-refractivity contribution in [2.24, 2.45) is 5.92 Å².